The Balaban J connectivity index is 1.93. The lowest BCUT2D eigenvalue weighted by Gasteiger charge is -2.09. The van der Waals surface area contributed by atoms with E-state index in [1.165, 1.54) is 6.08 Å². The first kappa shape index (κ1) is 13.1. The lowest BCUT2D eigenvalue weighted by molar-refractivity contribution is -0.117. The number of hydrogen-bond donors (Lipinski definition) is 1. The summed E-state index contributed by atoms with van der Waals surface area (Å²) in [6.07, 6.45) is 6.62. The highest BCUT2D eigenvalue weighted by atomic mass is 16.3. The molecule has 1 unspecified atom stereocenters. The van der Waals surface area contributed by atoms with E-state index < -0.39 is 0 Å². The van der Waals surface area contributed by atoms with Gasteiger partial charge < -0.3 is 9.73 Å². The predicted molar refractivity (Wildman–Crippen MR) is 73.3 cm³/mol. The Labute approximate surface area is 112 Å². The van der Waals surface area contributed by atoms with Crippen LogP contribution < -0.4 is 5.32 Å². The molecule has 1 atom stereocenters. The highest BCUT2D eigenvalue weighted by Crippen LogP contribution is 2.15. The Morgan fingerprint density at radius 3 is 2.68 bits per heavy atom. The molecule has 1 N–H and O–H groups in total. The van der Waals surface area contributed by atoms with Gasteiger partial charge in [-0.25, -0.2) is 0 Å². The van der Waals surface area contributed by atoms with Crippen molar-refractivity contribution in [2.45, 2.75) is 19.9 Å². The van der Waals surface area contributed by atoms with Crippen LogP contribution in [0.4, 0.5) is 0 Å². The van der Waals surface area contributed by atoms with Gasteiger partial charge in [-0.05, 0) is 49.8 Å². The van der Waals surface area contributed by atoms with Gasteiger partial charge >= 0.3 is 0 Å². The van der Waals surface area contributed by atoms with E-state index in [9.17, 15) is 4.79 Å². The Morgan fingerprint density at radius 1 is 1.32 bits per heavy atom. The molecular weight excluding hydrogens is 240 g/mol. The van der Waals surface area contributed by atoms with Crippen LogP contribution in [0.5, 0.6) is 0 Å². The van der Waals surface area contributed by atoms with Crippen molar-refractivity contribution in [3.63, 3.8) is 0 Å². The van der Waals surface area contributed by atoms with Crippen LogP contribution in [0.2, 0.25) is 0 Å². The number of pyridine rings is 1. The van der Waals surface area contributed by atoms with Crippen LogP contribution in [0.25, 0.3) is 6.08 Å². The van der Waals surface area contributed by atoms with Gasteiger partial charge in [0, 0.05) is 18.5 Å². The van der Waals surface area contributed by atoms with E-state index in [1.807, 2.05) is 38.1 Å². The molecule has 0 saturated heterocycles. The summed E-state index contributed by atoms with van der Waals surface area (Å²) in [5, 5.41) is 2.84. The van der Waals surface area contributed by atoms with Gasteiger partial charge in [0.1, 0.15) is 11.5 Å². The number of nitrogens with one attached hydrogen (secondary N) is 1. The highest BCUT2D eigenvalue weighted by molar-refractivity contribution is 5.91. The molecule has 19 heavy (non-hydrogen) atoms. The average molecular weight is 256 g/mol. The third-order valence-electron chi connectivity index (χ3n) is 2.68. The van der Waals surface area contributed by atoms with Crippen LogP contribution in [-0.4, -0.2) is 10.9 Å². The van der Waals surface area contributed by atoms with Crippen LogP contribution in [0, 0.1) is 6.92 Å². The van der Waals surface area contributed by atoms with E-state index in [4.69, 9.17) is 4.42 Å². The van der Waals surface area contributed by atoms with Crippen LogP contribution in [0.1, 0.15) is 30.0 Å². The maximum Gasteiger partial charge on any atom is 0.244 e. The molecule has 98 valence electrons. The number of aryl methyl sites for hydroxylation is 1. The first-order valence-corrected chi connectivity index (χ1v) is 6.10. The summed E-state index contributed by atoms with van der Waals surface area (Å²) in [7, 11) is 0. The molecule has 2 heterocycles. The maximum atomic E-state index is 11.8. The fraction of sp³-hybridized carbons (Fsp3) is 0.200. The van der Waals surface area contributed by atoms with E-state index in [2.05, 4.69) is 10.3 Å². The van der Waals surface area contributed by atoms with Crippen molar-refractivity contribution in [2.24, 2.45) is 0 Å². The molecule has 2 rings (SSSR count). The third-order valence-corrected chi connectivity index (χ3v) is 2.68. The first-order valence-electron chi connectivity index (χ1n) is 6.10. The maximum absolute atomic E-state index is 11.8. The van der Waals surface area contributed by atoms with E-state index in [-0.39, 0.29) is 11.9 Å². The van der Waals surface area contributed by atoms with E-state index in [1.54, 1.807) is 18.5 Å². The van der Waals surface area contributed by atoms with Crippen LogP contribution in [0.3, 0.4) is 0 Å². The number of amides is 1. The zero-order valence-electron chi connectivity index (χ0n) is 11.0. The Morgan fingerprint density at radius 2 is 2.05 bits per heavy atom. The number of nitrogens with zero attached hydrogens (tertiary/aromatic N) is 1. The molecule has 1 amide bonds. The van der Waals surface area contributed by atoms with Crippen molar-refractivity contribution in [3.8, 4) is 0 Å². The van der Waals surface area contributed by atoms with Crippen molar-refractivity contribution in [1.29, 1.82) is 0 Å². The van der Waals surface area contributed by atoms with E-state index in [0.29, 0.717) is 0 Å². The summed E-state index contributed by atoms with van der Waals surface area (Å²) in [4.78, 5) is 15.7. The van der Waals surface area contributed by atoms with Gasteiger partial charge in [-0.3, -0.25) is 9.78 Å². The van der Waals surface area contributed by atoms with Crippen molar-refractivity contribution in [1.82, 2.24) is 10.3 Å². The van der Waals surface area contributed by atoms with E-state index >= 15 is 0 Å². The SMILES string of the molecule is Cc1ccc(C(C)NC(=O)C=Cc2ccncc2)o1. The fourth-order valence-electron chi connectivity index (χ4n) is 1.67. The number of hydrogen-bond acceptors (Lipinski definition) is 3. The lowest BCUT2D eigenvalue weighted by Crippen LogP contribution is -2.24. The third kappa shape index (κ3) is 3.81. The summed E-state index contributed by atoms with van der Waals surface area (Å²) in [6.45, 7) is 3.76. The quantitative estimate of drug-likeness (QED) is 0.856. The second-order valence-electron chi connectivity index (χ2n) is 4.29. The van der Waals surface area contributed by atoms with Crippen LogP contribution in [-0.2, 0) is 4.79 Å². The monoisotopic (exact) mass is 256 g/mol. The molecule has 0 aliphatic rings. The molecule has 0 aliphatic carbocycles. The molecule has 4 nitrogen and oxygen atoms in total. The number of furan rings is 1. The molecule has 0 radical (unpaired) electrons. The topological polar surface area (TPSA) is 55.1 Å². The van der Waals surface area contributed by atoms with Gasteiger partial charge in [-0.2, -0.15) is 0 Å². The number of rotatable bonds is 4. The summed E-state index contributed by atoms with van der Waals surface area (Å²) >= 11 is 0. The molecule has 0 saturated carbocycles. The predicted octanol–water partition coefficient (Wildman–Crippen LogP) is 2.87. The first-order chi connectivity index (χ1) is 9.15. The van der Waals surface area contributed by atoms with Crippen molar-refractivity contribution in [2.75, 3.05) is 0 Å². The van der Waals surface area contributed by atoms with Crippen molar-refractivity contribution in [3.05, 3.63) is 59.8 Å². The second kappa shape index (κ2) is 6.00. The molecule has 2 aromatic heterocycles. The van der Waals surface area contributed by atoms with Gasteiger partial charge in [-0.15, -0.1) is 0 Å². The lowest BCUT2D eigenvalue weighted by atomic mass is 10.2. The molecular formula is C15H16N2O2. The zero-order valence-corrected chi connectivity index (χ0v) is 11.0. The molecule has 4 heteroatoms. The summed E-state index contributed by atoms with van der Waals surface area (Å²) in [5.74, 6) is 1.44. The summed E-state index contributed by atoms with van der Waals surface area (Å²) < 4.78 is 5.46. The minimum atomic E-state index is -0.154. The summed E-state index contributed by atoms with van der Waals surface area (Å²) in [6, 6.07) is 7.27. The van der Waals surface area contributed by atoms with Crippen molar-refractivity contribution >= 4 is 12.0 Å². The smallest absolute Gasteiger partial charge is 0.244 e. The number of aromatic nitrogens is 1. The highest BCUT2D eigenvalue weighted by Gasteiger charge is 2.10. The molecule has 0 spiro atoms. The number of carbonyl (C=O) groups is 1. The molecule has 2 aromatic rings. The largest absolute Gasteiger partial charge is 0.464 e. The van der Waals surface area contributed by atoms with Crippen LogP contribution >= 0.6 is 0 Å². The molecule has 0 aliphatic heterocycles. The van der Waals surface area contributed by atoms with Gasteiger partial charge in [0.25, 0.3) is 0 Å². The Hall–Kier alpha value is -2.36. The number of carbonyl (C=O) groups excluding carboxylic acids is 1. The minimum absolute atomic E-state index is 0.150. The van der Waals surface area contributed by atoms with Crippen LogP contribution in [0.15, 0.2) is 47.2 Å². The van der Waals surface area contributed by atoms with Gasteiger partial charge in [-0.1, -0.05) is 0 Å². The molecule has 0 bridgehead atoms. The van der Waals surface area contributed by atoms with E-state index in [0.717, 1.165) is 17.1 Å². The Kier molecular flexibility index (Phi) is 4.13. The molecule has 0 fully saturated rings. The Bertz CT molecular complexity index is 573. The normalized spacial score (nSPS) is 12.5. The van der Waals surface area contributed by atoms with Gasteiger partial charge in [0.15, 0.2) is 0 Å². The minimum Gasteiger partial charge on any atom is -0.464 e. The average Bonchev–Trinajstić information content (AvgIpc) is 2.84. The fourth-order valence-corrected chi connectivity index (χ4v) is 1.67. The summed E-state index contributed by atoms with van der Waals surface area (Å²) in [5.41, 5.74) is 0.937. The standard InChI is InChI=1S/C15H16N2O2/c1-11-3-5-14(19-11)12(2)17-15(18)6-4-13-7-9-16-10-8-13/h3-10,12H,1-2H3,(H,17,18). The van der Waals surface area contributed by atoms with Gasteiger partial charge in [0.05, 0.1) is 6.04 Å². The van der Waals surface area contributed by atoms with Crippen molar-refractivity contribution < 1.29 is 9.21 Å². The second-order valence-corrected chi connectivity index (χ2v) is 4.29. The zero-order chi connectivity index (χ0) is 13.7. The van der Waals surface area contributed by atoms with Gasteiger partial charge in [0.2, 0.25) is 5.91 Å². The molecule has 0 aromatic carbocycles.